The summed E-state index contributed by atoms with van der Waals surface area (Å²) < 4.78 is 5.12. The van der Waals surface area contributed by atoms with Gasteiger partial charge < -0.3 is 4.42 Å². The maximum Gasteiger partial charge on any atom is 0.293 e. The molecule has 0 N–H and O–H groups in total. The number of nitro benzene ring substituents is 1. The van der Waals surface area contributed by atoms with Crippen molar-refractivity contribution in [2.75, 3.05) is 0 Å². The van der Waals surface area contributed by atoms with Gasteiger partial charge in [0.1, 0.15) is 5.76 Å². The summed E-state index contributed by atoms with van der Waals surface area (Å²) in [6.45, 7) is -0.142. The van der Waals surface area contributed by atoms with E-state index in [4.69, 9.17) is 4.42 Å². The molecule has 0 radical (unpaired) electrons. The first kappa shape index (κ1) is 15.0. The fourth-order valence-corrected chi connectivity index (χ4v) is 2.95. The van der Waals surface area contributed by atoms with Gasteiger partial charge in [-0.2, -0.15) is 0 Å². The van der Waals surface area contributed by atoms with Crippen molar-refractivity contribution in [3.05, 3.63) is 69.0 Å². The van der Waals surface area contributed by atoms with Crippen molar-refractivity contribution in [3.8, 4) is 0 Å². The quantitative estimate of drug-likeness (QED) is 0.484. The van der Waals surface area contributed by atoms with Gasteiger partial charge in [-0.05, 0) is 23.9 Å². The first-order valence-electron chi connectivity index (χ1n) is 6.57. The normalized spacial score (nSPS) is 16.3. The van der Waals surface area contributed by atoms with Crippen LogP contribution in [0.4, 0.5) is 10.5 Å². The molecule has 1 fully saturated rings. The van der Waals surface area contributed by atoms with Gasteiger partial charge in [0.05, 0.1) is 22.6 Å². The molecule has 1 aliphatic rings. The number of hydrogen-bond donors (Lipinski definition) is 0. The van der Waals surface area contributed by atoms with Gasteiger partial charge in [-0.1, -0.05) is 18.2 Å². The standard InChI is InChI=1S/C15H10N2O5S/c18-14-13(8-11-5-3-7-22-11)23-15(19)16(14)9-10-4-1-2-6-12(10)17(20)21/h1-8H,9H2/b13-8+. The largest absolute Gasteiger partial charge is 0.465 e. The van der Waals surface area contributed by atoms with Crippen molar-refractivity contribution >= 4 is 34.7 Å². The van der Waals surface area contributed by atoms with Gasteiger partial charge in [-0.25, -0.2) is 0 Å². The average Bonchev–Trinajstić information content (AvgIpc) is 3.12. The molecular weight excluding hydrogens is 320 g/mol. The van der Waals surface area contributed by atoms with E-state index in [0.717, 1.165) is 16.7 Å². The second kappa shape index (κ2) is 6.09. The number of carbonyl (C=O) groups excluding carboxylic acids is 2. The van der Waals surface area contributed by atoms with Crippen LogP contribution in [-0.4, -0.2) is 21.0 Å². The molecule has 1 aromatic carbocycles. The van der Waals surface area contributed by atoms with E-state index in [1.165, 1.54) is 30.5 Å². The van der Waals surface area contributed by atoms with E-state index in [1.54, 1.807) is 18.2 Å². The third-order valence-corrected chi connectivity index (χ3v) is 4.11. The molecule has 8 heteroatoms. The zero-order valence-corrected chi connectivity index (χ0v) is 12.5. The van der Waals surface area contributed by atoms with Crippen LogP contribution in [0.5, 0.6) is 0 Å². The number of hydrogen-bond acceptors (Lipinski definition) is 6. The monoisotopic (exact) mass is 330 g/mol. The third-order valence-electron chi connectivity index (χ3n) is 3.21. The average molecular weight is 330 g/mol. The van der Waals surface area contributed by atoms with Gasteiger partial charge in [-0.3, -0.25) is 24.6 Å². The second-order valence-electron chi connectivity index (χ2n) is 4.67. The highest BCUT2D eigenvalue weighted by Crippen LogP contribution is 2.34. The van der Waals surface area contributed by atoms with Crippen LogP contribution in [0.25, 0.3) is 6.08 Å². The summed E-state index contributed by atoms with van der Waals surface area (Å²) in [6.07, 6.45) is 2.94. The number of furan rings is 1. The summed E-state index contributed by atoms with van der Waals surface area (Å²) in [6, 6.07) is 9.36. The van der Waals surface area contributed by atoms with Crippen molar-refractivity contribution in [2.24, 2.45) is 0 Å². The summed E-state index contributed by atoms with van der Waals surface area (Å²) in [5.41, 5.74) is 0.181. The van der Waals surface area contributed by atoms with Gasteiger partial charge in [0.2, 0.25) is 0 Å². The zero-order valence-electron chi connectivity index (χ0n) is 11.7. The first-order valence-corrected chi connectivity index (χ1v) is 7.39. The van der Waals surface area contributed by atoms with Crippen LogP contribution >= 0.6 is 11.8 Å². The molecule has 2 heterocycles. The molecule has 0 aliphatic carbocycles. The number of amides is 2. The molecule has 1 aliphatic heterocycles. The summed E-state index contributed by atoms with van der Waals surface area (Å²) in [7, 11) is 0. The Morgan fingerprint density at radius 1 is 1.22 bits per heavy atom. The van der Waals surface area contributed by atoms with Crippen molar-refractivity contribution < 1.29 is 18.9 Å². The Labute approximate surface area is 134 Å². The van der Waals surface area contributed by atoms with Gasteiger partial charge in [0.25, 0.3) is 16.8 Å². The van der Waals surface area contributed by atoms with Crippen molar-refractivity contribution in [1.82, 2.24) is 4.90 Å². The molecule has 2 amide bonds. The topological polar surface area (TPSA) is 93.7 Å². The molecule has 7 nitrogen and oxygen atoms in total. The molecule has 2 aromatic rings. The summed E-state index contributed by atoms with van der Waals surface area (Å²) >= 11 is 0.782. The fourth-order valence-electron chi connectivity index (χ4n) is 2.13. The Bertz CT molecular complexity index is 813. The van der Waals surface area contributed by atoms with Crippen LogP contribution in [0.15, 0.2) is 52.0 Å². The number of carbonyl (C=O) groups is 2. The predicted molar refractivity (Wildman–Crippen MR) is 83.3 cm³/mol. The number of nitrogens with zero attached hydrogens (tertiary/aromatic N) is 2. The summed E-state index contributed by atoms with van der Waals surface area (Å²) in [4.78, 5) is 36.1. The highest BCUT2D eigenvalue weighted by Gasteiger charge is 2.36. The van der Waals surface area contributed by atoms with Crippen molar-refractivity contribution in [2.45, 2.75) is 6.54 Å². The Hall–Kier alpha value is -2.87. The van der Waals surface area contributed by atoms with E-state index in [2.05, 4.69) is 0 Å². The van der Waals surface area contributed by atoms with Crippen LogP contribution in [-0.2, 0) is 11.3 Å². The lowest BCUT2D eigenvalue weighted by molar-refractivity contribution is -0.385. The van der Waals surface area contributed by atoms with Crippen LogP contribution in [0.2, 0.25) is 0 Å². The molecule has 0 atom stereocenters. The van der Waals surface area contributed by atoms with Crippen LogP contribution in [0, 0.1) is 10.1 Å². The summed E-state index contributed by atoms with van der Waals surface area (Å²) in [5, 5.41) is 10.6. The van der Waals surface area contributed by atoms with Gasteiger partial charge in [0, 0.05) is 17.7 Å². The first-order chi connectivity index (χ1) is 11.1. The minimum absolute atomic E-state index is 0.124. The highest BCUT2D eigenvalue weighted by atomic mass is 32.2. The Balaban J connectivity index is 1.86. The maximum atomic E-state index is 12.3. The predicted octanol–water partition coefficient (Wildman–Crippen LogP) is 3.42. The zero-order chi connectivity index (χ0) is 16.4. The minimum Gasteiger partial charge on any atom is -0.465 e. The number of thioether (sulfide) groups is 1. The van der Waals surface area contributed by atoms with Crippen molar-refractivity contribution in [1.29, 1.82) is 0 Å². The lowest BCUT2D eigenvalue weighted by Crippen LogP contribution is -2.27. The molecular formula is C15H10N2O5S. The van der Waals surface area contributed by atoms with E-state index in [1.807, 2.05) is 0 Å². The van der Waals surface area contributed by atoms with Crippen molar-refractivity contribution in [3.63, 3.8) is 0 Å². The SMILES string of the molecule is O=C1S/C(=C/c2ccco2)C(=O)N1Cc1ccccc1[N+](=O)[O-]. The van der Waals surface area contributed by atoms with Gasteiger partial charge >= 0.3 is 0 Å². The van der Waals surface area contributed by atoms with Gasteiger partial charge in [0.15, 0.2) is 0 Å². The lowest BCUT2D eigenvalue weighted by Gasteiger charge is -2.12. The maximum absolute atomic E-state index is 12.3. The molecule has 0 unspecified atom stereocenters. The van der Waals surface area contributed by atoms with Gasteiger partial charge in [-0.15, -0.1) is 0 Å². The second-order valence-corrected chi connectivity index (χ2v) is 5.66. The smallest absolute Gasteiger partial charge is 0.293 e. The highest BCUT2D eigenvalue weighted by molar-refractivity contribution is 8.18. The van der Waals surface area contributed by atoms with E-state index in [-0.39, 0.29) is 17.1 Å². The molecule has 116 valence electrons. The number of nitro groups is 1. The number of para-hydroxylation sites is 1. The molecule has 0 saturated carbocycles. The molecule has 1 aromatic heterocycles. The summed E-state index contributed by atoms with van der Waals surface area (Å²) in [5.74, 6) is -0.0317. The Kier molecular flexibility index (Phi) is 3.98. The number of benzene rings is 1. The number of imide groups is 1. The molecule has 3 rings (SSSR count). The van der Waals surface area contributed by atoms with Crippen LogP contribution in [0.1, 0.15) is 11.3 Å². The molecule has 23 heavy (non-hydrogen) atoms. The van der Waals surface area contributed by atoms with Crippen LogP contribution in [0.3, 0.4) is 0 Å². The third kappa shape index (κ3) is 3.02. The van der Waals surface area contributed by atoms with Crippen LogP contribution < -0.4 is 0 Å². The van der Waals surface area contributed by atoms with E-state index in [0.29, 0.717) is 11.3 Å². The van der Waals surface area contributed by atoms with E-state index >= 15 is 0 Å². The molecule has 0 bridgehead atoms. The van der Waals surface area contributed by atoms with E-state index < -0.39 is 16.1 Å². The molecule has 0 spiro atoms. The number of rotatable bonds is 4. The Morgan fingerprint density at radius 3 is 2.70 bits per heavy atom. The fraction of sp³-hybridized carbons (Fsp3) is 0.0667. The molecule has 1 saturated heterocycles. The Morgan fingerprint density at radius 2 is 2.00 bits per heavy atom. The lowest BCUT2D eigenvalue weighted by atomic mass is 10.1. The van der Waals surface area contributed by atoms with E-state index in [9.17, 15) is 19.7 Å². The minimum atomic E-state index is -0.535.